The van der Waals surface area contributed by atoms with Crippen LogP contribution in [0.5, 0.6) is 0 Å². The highest BCUT2D eigenvalue weighted by atomic mass is 35.5. The molecule has 1 aromatic carbocycles. The average molecular weight is 310 g/mol. The molecule has 2 rings (SSSR count). The van der Waals surface area contributed by atoms with Gasteiger partial charge in [-0.25, -0.2) is 4.68 Å². The monoisotopic (exact) mass is 309 g/mol. The highest BCUT2D eigenvalue weighted by Crippen LogP contribution is 2.32. The molecule has 1 atom stereocenters. The summed E-state index contributed by atoms with van der Waals surface area (Å²) >= 11 is 6.28. The Labute approximate surface area is 129 Å². The van der Waals surface area contributed by atoms with Gasteiger partial charge >= 0.3 is 0 Å². The van der Waals surface area contributed by atoms with Crippen molar-refractivity contribution in [1.82, 2.24) is 20.2 Å². The summed E-state index contributed by atoms with van der Waals surface area (Å²) in [7, 11) is 0. The molecule has 1 unspecified atom stereocenters. The Morgan fingerprint density at radius 1 is 1.38 bits per heavy atom. The molecule has 0 aliphatic carbocycles. The predicted octanol–water partition coefficient (Wildman–Crippen LogP) is 2.81. The third-order valence-corrected chi connectivity index (χ3v) is 3.76. The van der Waals surface area contributed by atoms with Crippen LogP contribution in [0.25, 0.3) is 11.4 Å². The van der Waals surface area contributed by atoms with Gasteiger partial charge in [0.1, 0.15) is 0 Å². The molecule has 0 radical (unpaired) electrons. The van der Waals surface area contributed by atoms with E-state index in [1.54, 1.807) is 10.7 Å². The van der Waals surface area contributed by atoms with Crippen LogP contribution in [0.15, 0.2) is 18.2 Å². The minimum absolute atomic E-state index is 0.0347. The zero-order valence-electron chi connectivity index (χ0n) is 12.5. The second-order valence-corrected chi connectivity index (χ2v) is 5.50. The van der Waals surface area contributed by atoms with Crippen molar-refractivity contribution in [3.05, 3.63) is 23.2 Å². The Bertz CT molecular complexity index is 599. The lowest BCUT2D eigenvalue weighted by Crippen LogP contribution is -2.23. The van der Waals surface area contributed by atoms with E-state index < -0.39 is 0 Å². The van der Waals surface area contributed by atoms with Crippen molar-refractivity contribution >= 4 is 17.3 Å². The molecular weight excluding hydrogens is 290 g/mol. The second-order valence-electron chi connectivity index (χ2n) is 5.13. The van der Waals surface area contributed by atoms with E-state index in [2.05, 4.69) is 29.4 Å². The SMILES string of the molecule is CCOCC(C(C)C)n1nnnc1-c1cccc(N)c1Cl. The Kier molecular flexibility index (Phi) is 5.14. The maximum Gasteiger partial charge on any atom is 0.183 e. The summed E-state index contributed by atoms with van der Waals surface area (Å²) in [5.41, 5.74) is 7.09. The zero-order valence-corrected chi connectivity index (χ0v) is 13.2. The van der Waals surface area contributed by atoms with Gasteiger partial charge < -0.3 is 10.5 Å². The lowest BCUT2D eigenvalue weighted by molar-refractivity contribution is 0.0913. The molecule has 0 aliphatic heterocycles. The first kappa shape index (κ1) is 15.7. The van der Waals surface area contributed by atoms with Crippen molar-refractivity contribution in [2.45, 2.75) is 26.8 Å². The number of hydrogen-bond acceptors (Lipinski definition) is 5. The quantitative estimate of drug-likeness (QED) is 0.830. The van der Waals surface area contributed by atoms with Gasteiger partial charge in [-0.05, 0) is 35.4 Å². The third-order valence-electron chi connectivity index (χ3n) is 3.34. The molecule has 2 N–H and O–H groups in total. The molecule has 2 aromatic rings. The molecule has 0 bridgehead atoms. The van der Waals surface area contributed by atoms with E-state index in [1.165, 1.54) is 0 Å². The fraction of sp³-hybridized carbons (Fsp3) is 0.500. The number of aromatic nitrogens is 4. The molecule has 0 aliphatic rings. The molecule has 6 nitrogen and oxygen atoms in total. The van der Waals surface area contributed by atoms with E-state index in [0.29, 0.717) is 35.7 Å². The van der Waals surface area contributed by atoms with E-state index in [1.807, 2.05) is 19.1 Å². The van der Waals surface area contributed by atoms with Crippen LogP contribution in [0.1, 0.15) is 26.8 Å². The van der Waals surface area contributed by atoms with Gasteiger partial charge in [0, 0.05) is 12.2 Å². The van der Waals surface area contributed by atoms with E-state index in [4.69, 9.17) is 22.1 Å². The van der Waals surface area contributed by atoms with Crippen molar-refractivity contribution in [3.8, 4) is 11.4 Å². The summed E-state index contributed by atoms with van der Waals surface area (Å²) < 4.78 is 7.32. The predicted molar refractivity (Wildman–Crippen MR) is 83.0 cm³/mol. The van der Waals surface area contributed by atoms with Gasteiger partial charge in [0.15, 0.2) is 5.82 Å². The maximum atomic E-state index is 6.28. The number of ether oxygens (including phenoxy) is 1. The molecule has 1 aromatic heterocycles. The second kappa shape index (κ2) is 6.87. The lowest BCUT2D eigenvalue weighted by Gasteiger charge is -2.22. The number of tetrazole rings is 1. The van der Waals surface area contributed by atoms with Gasteiger partial charge in [0.05, 0.1) is 23.4 Å². The molecule has 0 fully saturated rings. The summed E-state index contributed by atoms with van der Waals surface area (Å²) in [6.07, 6.45) is 0. The van der Waals surface area contributed by atoms with E-state index in [9.17, 15) is 0 Å². The van der Waals surface area contributed by atoms with E-state index in [0.717, 1.165) is 5.56 Å². The van der Waals surface area contributed by atoms with E-state index >= 15 is 0 Å². The van der Waals surface area contributed by atoms with Crippen molar-refractivity contribution in [1.29, 1.82) is 0 Å². The van der Waals surface area contributed by atoms with Gasteiger partial charge in [0.2, 0.25) is 0 Å². The van der Waals surface area contributed by atoms with Crippen LogP contribution in [0.3, 0.4) is 0 Å². The smallest absolute Gasteiger partial charge is 0.183 e. The fourth-order valence-corrected chi connectivity index (χ4v) is 2.31. The first-order valence-corrected chi connectivity index (χ1v) is 7.34. The van der Waals surface area contributed by atoms with Crippen LogP contribution in [0, 0.1) is 5.92 Å². The number of halogens is 1. The summed E-state index contributed by atoms with van der Waals surface area (Å²) in [6.45, 7) is 7.38. The molecular formula is C14H20ClN5O. The number of hydrogen-bond donors (Lipinski definition) is 1. The number of nitrogen functional groups attached to an aromatic ring is 1. The summed E-state index contributed by atoms with van der Waals surface area (Å²) in [5, 5.41) is 12.5. The van der Waals surface area contributed by atoms with Crippen LogP contribution in [0.4, 0.5) is 5.69 Å². The number of nitrogens with zero attached hydrogens (tertiary/aromatic N) is 4. The Morgan fingerprint density at radius 2 is 2.14 bits per heavy atom. The van der Waals surface area contributed by atoms with Crippen molar-refractivity contribution in [3.63, 3.8) is 0 Å². The van der Waals surface area contributed by atoms with Crippen molar-refractivity contribution in [2.24, 2.45) is 5.92 Å². The topological polar surface area (TPSA) is 78.8 Å². The van der Waals surface area contributed by atoms with Crippen LogP contribution >= 0.6 is 11.6 Å². The maximum absolute atomic E-state index is 6.28. The van der Waals surface area contributed by atoms with Crippen LogP contribution < -0.4 is 5.73 Å². The van der Waals surface area contributed by atoms with Gasteiger partial charge in [-0.15, -0.1) is 5.10 Å². The van der Waals surface area contributed by atoms with Crippen molar-refractivity contribution < 1.29 is 4.74 Å². The Hall–Kier alpha value is -1.66. The summed E-state index contributed by atoms with van der Waals surface area (Å²) in [4.78, 5) is 0. The van der Waals surface area contributed by atoms with Crippen molar-refractivity contribution in [2.75, 3.05) is 18.9 Å². The van der Waals surface area contributed by atoms with Gasteiger partial charge in [-0.2, -0.15) is 0 Å². The molecule has 0 saturated heterocycles. The fourth-order valence-electron chi connectivity index (χ4n) is 2.10. The average Bonchev–Trinajstić information content (AvgIpc) is 2.91. The van der Waals surface area contributed by atoms with Crippen LogP contribution in [-0.2, 0) is 4.74 Å². The molecule has 7 heteroatoms. The minimum Gasteiger partial charge on any atom is -0.398 e. The lowest BCUT2D eigenvalue weighted by atomic mass is 10.0. The largest absolute Gasteiger partial charge is 0.398 e. The van der Waals surface area contributed by atoms with Crippen LogP contribution in [-0.4, -0.2) is 33.4 Å². The summed E-state index contributed by atoms with van der Waals surface area (Å²) in [5.74, 6) is 0.921. The Morgan fingerprint density at radius 3 is 2.81 bits per heavy atom. The molecule has 21 heavy (non-hydrogen) atoms. The summed E-state index contributed by atoms with van der Waals surface area (Å²) in [6, 6.07) is 5.48. The molecule has 114 valence electrons. The molecule has 0 amide bonds. The first-order valence-electron chi connectivity index (χ1n) is 6.96. The first-order chi connectivity index (χ1) is 10.1. The highest BCUT2D eigenvalue weighted by molar-refractivity contribution is 6.35. The van der Waals surface area contributed by atoms with Crippen LogP contribution in [0.2, 0.25) is 5.02 Å². The zero-order chi connectivity index (χ0) is 15.4. The molecule has 0 saturated carbocycles. The molecule has 0 spiro atoms. The van der Waals surface area contributed by atoms with Gasteiger partial charge in [0.25, 0.3) is 0 Å². The number of rotatable bonds is 6. The highest BCUT2D eigenvalue weighted by Gasteiger charge is 2.23. The van der Waals surface area contributed by atoms with Gasteiger partial charge in [-0.1, -0.05) is 31.5 Å². The van der Waals surface area contributed by atoms with Gasteiger partial charge in [-0.3, -0.25) is 0 Å². The number of nitrogens with two attached hydrogens (primary N) is 1. The number of benzene rings is 1. The normalized spacial score (nSPS) is 12.8. The molecule has 1 heterocycles. The standard InChI is InChI=1S/C14H20ClN5O/c1-4-21-8-12(9(2)3)20-14(17-18-19-20)10-6-5-7-11(16)13(10)15/h5-7,9,12H,4,8,16H2,1-3H3. The third kappa shape index (κ3) is 3.33. The Balaban J connectivity index is 2.43. The number of anilines is 1. The minimum atomic E-state index is 0.0347. The van der Waals surface area contributed by atoms with E-state index in [-0.39, 0.29) is 6.04 Å².